The van der Waals surface area contributed by atoms with Gasteiger partial charge in [0, 0.05) is 6.42 Å². The van der Waals surface area contributed by atoms with Gasteiger partial charge in [-0.05, 0) is 40.0 Å². The van der Waals surface area contributed by atoms with Gasteiger partial charge >= 0.3 is 5.97 Å². The Hall–Kier alpha value is -1.76. The third-order valence-corrected chi connectivity index (χ3v) is 3.08. The summed E-state index contributed by atoms with van der Waals surface area (Å²) in [4.78, 5) is 35.3. The van der Waals surface area contributed by atoms with Crippen LogP contribution in [-0.4, -0.2) is 48.2 Å². The molecule has 0 bridgehead atoms. The van der Waals surface area contributed by atoms with Gasteiger partial charge in [0.2, 0.25) is 5.91 Å². The van der Waals surface area contributed by atoms with Gasteiger partial charge in [-0.2, -0.15) is 0 Å². The smallest absolute Gasteiger partial charge is 0.328 e. The van der Waals surface area contributed by atoms with Crippen molar-refractivity contribution in [3.05, 3.63) is 0 Å². The predicted octanol–water partition coefficient (Wildman–Crippen LogP) is 0.989. The van der Waals surface area contributed by atoms with Crippen molar-refractivity contribution in [2.45, 2.75) is 70.8 Å². The van der Waals surface area contributed by atoms with E-state index in [9.17, 15) is 14.4 Å². The molecule has 1 aliphatic rings. The highest BCUT2D eigenvalue weighted by atomic mass is 16.5. The fourth-order valence-electron chi connectivity index (χ4n) is 1.77. The summed E-state index contributed by atoms with van der Waals surface area (Å²) < 4.78 is 10.6. The van der Waals surface area contributed by atoms with Gasteiger partial charge in [-0.25, -0.2) is 4.79 Å². The van der Waals surface area contributed by atoms with Crippen molar-refractivity contribution in [3.8, 4) is 0 Å². The average Bonchev–Trinajstić information content (AvgIpc) is 3.25. The molecule has 124 valence electrons. The number of ether oxygens (including phenoxy) is 2. The molecule has 0 heterocycles. The molecule has 7 heteroatoms. The molecule has 1 rings (SSSR count). The lowest BCUT2D eigenvalue weighted by atomic mass is 10.1. The van der Waals surface area contributed by atoms with Gasteiger partial charge in [0.1, 0.15) is 12.1 Å². The van der Waals surface area contributed by atoms with Crippen molar-refractivity contribution in [1.29, 1.82) is 5.41 Å². The predicted molar refractivity (Wildman–Crippen MR) is 79.8 cm³/mol. The number of rotatable bonds is 10. The first-order valence-corrected chi connectivity index (χ1v) is 7.53. The molecule has 1 fully saturated rings. The molecule has 2 atom stereocenters. The Balaban J connectivity index is 2.57. The number of Topliss-reactive ketones (excluding diaryl/α,β-unsaturated/α-hetero) is 1. The minimum Gasteiger partial charge on any atom is -0.461 e. The van der Waals surface area contributed by atoms with Gasteiger partial charge in [-0.3, -0.25) is 9.59 Å². The van der Waals surface area contributed by atoms with E-state index in [0.717, 1.165) is 12.8 Å². The van der Waals surface area contributed by atoms with Crippen LogP contribution >= 0.6 is 0 Å². The highest BCUT2D eigenvalue weighted by Crippen LogP contribution is 2.25. The molecule has 0 aromatic heterocycles. The van der Waals surface area contributed by atoms with E-state index in [0.29, 0.717) is 6.21 Å². The number of ketones is 1. The van der Waals surface area contributed by atoms with Gasteiger partial charge in [0.15, 0.2) is 5.78 Å². The Kier molecular flexibility index (Phi) is 7.17. The number of hydrogen-bond donors (Lipinski definition) is 2. The standard InChI is InChI=1S/C15H24N2O5/c1-9(2)21-15(20)13(7-4-11(18)8-16)17-14(19)10(3)22-12-5-6-12/h8-10,12-13,16H,4-7H2,1-3H3,(H,17,19)/t10-,13-/m0/s1. The van der Waals surface area contributed by atoms with Crippen molar-refractivity contribution in [1.82, 2.24) is 5.32 Å². The van der Waals surface area contributed by atoms with E-state index < -0.39 is 29.8 Å². The highest BCUT2D eigenvalue weighted by Gasteiger charge is 2.30. The first-order valence-electron chi connectivity index (χ1n) is 7.53. The maximum Gasteiger partial charge on any atom is 0.328 e. The fourth-order valence-corrected chi connectivity index (χ4v) is 1.77. The third kappa shape index (κ3) is 6.80. The molecule has 0 saturated heterocycles. The van der Waals surface area contributed by atoms with Crippen molar-refractivity contribution in [2.75, 3.05) is 0 Å². The summed E-state index contributed by atoms with van der Waals surface area (Å²) in [6, 6.07) is -0.913. The second-order valence-electron chi connectivity index (χ2n) is 5.67. The zero-order valence-electron chi connectivity index (χ0n) is 13.3. The summed E-state index contributed by atoms with van der Waals surface area (Å²) >= 11 is 0. The maximum absolute atomic E-state index is 12.0. The molecule has 0 spiro atoms. The summed E-state index contributed by atoms with van der Waals surface area (Å²) in [6.45, 7) is 5.04. The molecule has 0 aromatic carbocycles. The van der Waals surface area contributed by atoms with E-state index in [1.165, 1.54) is 0 Å². The molecular weight excluding hydrogens is 288 g/mol. The number of nitrogens with one attached hydrogen (secondary N) is 2. The van der Waals surface area contributed by atoms with Crippen molar-refractivity contribution < 1.29 is 23.9 Å². The van der Waals surface area contributed by atoms with Gasteiger partial charge in [-0.1, -0.05) is 0 Å². The Morgan fingerprint density at radius 1 is 1.27 bits per heavy atom. The first-order chi connectivity index (χ1) is 10.3. The topological polar surface area (TPSA) is 106 Å². The Labute approximate surface area is 130 Å². The van der Waals surface area contributed by atoms with E-state index in [-0.39, 0.29) is 25.0 Å². The number of carbonyl (C=O) groups excluding carboxylic acids is 3. The molecule has 2 N–H and O–H groups in total. The second kappa shape index (κ2) is 8.63. The summed E-state index contributed by atoms with van der Waals surface area (Å²) in [7, 11) is 0. The molecular formula is C15H24N2O5. The Morgan fingerprint density at radius 3 is 2.41 bits per heavy atom. The van der Waals surface area contributed by atoms with Crippen LogP contribution < -0.4 is 5.32 Å². The van der Waals surface area contributed by atoms with E-state index >= 15 is 0 Å². The molecule has 1 amide bonds. The Bertz CT molecular complexity index is 432. The van der Waals surface area contributed by atoms with E-state index in [1.54, 1.807) is 20.8 Å². The van der Waals surface area contributed by atoms with E-state index in [1.807, 2.05) is 0 Å². The summed E-state index contributed by atoms with van der Waals surface area (Å²) in [6.07, 6.45) is 1.85. The normalized spacial score (nSPS) is 16.7. The average molecular weight is 312 g/mol. The number of esters is 1. The second-order valence-corrected chi connectivity index (χ2v) is 5.67. The summed E-state index contributed by atoms with van der Waals surface area (Å²) in [5.74, 6) is -1.39. The quantitative estimate of drug-likeness (QED) is 0.462. The van der Waals surface area contributed by atoms with Gasteiger partial charge in [0.05, 0.1) is 18.4 Å². The van der Waals surface area contributed by atoms with Crippen LogP contribution in [0.5, 0.6) is 0 Å². The van der Waals surface area contributed by atoms with Crippen molar-refractivity contribution in [3.63, 3.8) is 0 Å². The minimum absolute atomic E-state index is 0.000491. The van der Waals surface area contributed by atoms with Crippen LogP contribution in [-0.2, 0) is 23.9 Å². The fraction of sp³-hybridized carbons (Fsp3) is 0.733. The third-order valence-electron chi connectivity index (χ3n) is 3.08. The Morgan fingerprint density at radius 2 is 1.91 bits per heavy atom. The first kappa shape index (κ1) is 18.3. The number of carbonyl (C=O) groups is 3. The van der Waals surface area contributed by atoms with E-state index in [2.05, 4.69) is 5.32 Å². The molecule has 22 heavy (non-hydrogen) atoms. The molecule has 1 aliphatic carbocycles. The molecule has 0 unspecified atom stereocenters. The van der Waals surface area contributed by atoms with Crippen LogP contribution in [0.1, 0.15) is 46.5 Å². The lowest BCUT2D eigenvalue weighted by Gasteiger charge is -2.21. The zero-order chi connectivity index (χ0) is 16.7. The van der Waals surface area contributed by atoms with Gasteiger partial charge in [-0.15, -0.1) is 0 Å². The molecule has 7 nitrogen and oxygen atoms in total. The van der Waals surface area contributed by atoms with Crippen LogP contribution in [0.25, 0.3) is 0 Å². The van der Waals surface area contributed by atoms with Crippen LogP contribution in [0.4, 0.5) is 0 Å². The minimum atomic E-state index is -0.913. The highest BCUT2D eigenvalue weighted by molar-refractivity contribution is 6.26. The van der Waals surface area contributed by atoms with Crippen molar-refractivity contribution >= 4 is 23.9 Å². The van der Waals surface area contributed by atoms with Crippen LogP contribution in [0.15, 0.2) is 0 Å². The van der Waals surface area contributed by atoms with Crippen molar-refractivity contribution in [2.24, 2.45) is 0 Å². The molecule has 0 aliphatic heterocycles. The van der Waals surface area contributed by atoms with Gasteiger partial charge in [0.25, 0.3) is 0 Å². The number of amides is 1. The van der Waals surface area contributed by atoms with Crippen LogP contribution in [0.3, 0.4) is 0 Å². The molecule has 0 radical (unpaired) electrons. The van der Waals surface area contributed by atoms with Crippen LogP contribution in [0.2, 0.25) is 0 Å². The lowest BCUT2D eigenvalue weighted by molar-refractivity contribution is -0.153. The lowest BCUT2D eigenvalue weighted by Crippen LogP contribution is -2.47. The van der Waals surface area contributed by atoms with Crippen LogP contribution in [0, 0.1) is 5.41 Å². The number of hydrogen-bond acceptors (Lipinski definition) is 6. The zero-order valence-corrected chi connectivity index (χ0v) is 13.3. The largest absolute Gasteiger partial charge is 0.461 e. The molecule has 0 aromatic rings. The van der Waals surface area contributed by atoms with E-state index in [4.69, 9.17) is 14.9 Å². The molecule has 1 saturated carbocycles. The van der Waals surface area contributed by atoms with Gasteiger partial charge < -0.3 is 20.2 Å². The summed E-state index contributed by atoms with van der Waals surface area (Å²) in [5, 5.41) is 9.44. The summed E-state index contributed by atoms with van der Waals surface area (Å²) in [5.41, 5.74) is 0. The maximum atomic E-state index is 12.0. The SMILES string of the molecule is CC(C)OC(=O)[C@H](CCC(=O)C=N)NC(=O)[C@H](C)OC1CC1. The monoisotopic (exact) mass is 312 g/mol.